The summed E-state index contributed by atoms with van der Waals surface area (Å²) in [4.78, 5) is 11.3. The summed E-state index contributed by atoms with van der Waals surface area (Å²) in [6, 6.07) is 1.18. The molecule has 4 aromatic rings. The molecule has 1 aliphatic rings. The predicted molar refractivity (Wildman–Crippen MR) is 103 cm³/mol. The molecular formula is C19H19F3N6S. The van der Waals surface area contributed by atoms with Gasteiger partial charge in [-0.05, 0) is 37.8 Å². The van der Waals surface area contributed by atoms with Gasteiger partial charge in [-0.1, -0.05) is 6.92 Å². The Balaban J connectivity index is 1.47. The predicted octanol–water partition coefficient (Wildman–Crippen LogP) is 4.55. The summed E-state index contributed by atoms with van der Waals surface area (Å²) in [6.07, 6.45) is 0.336. The van der Waals surface area contributed by atoms with E-state index < -0.39 is 11.9 Å². The highest BCUT2D eigenvalue weighted by Crippen LogP contribution is 2.42. The highest BCUT2D eigenvalue weighted by molar-refractivity contribution is 7.18. The van der Waals surface area contributed by atoms with Crippen LogP contribution in [0.25, 0.3) is 15.9 Å². The van der Waals surface area contributed by atoms with E-state index in [0.717, 1.165) is 35.1 Å². The van der Waals surface area contributed by atoms with Crippen molar-refractivity contribution < 1.29 is 13.2 Å². The van der Waals surface area contributed by atoms with Crippen molar-refractivity contribution in [2.45, 2.75) is 58.2 Å². The fourth-order valence-electron chi connectivity index (χ4n) is 3.80. The summed E-state index contributed by atoms with van der Waals surface area (Å²) in [7, 11) is 0. The molecule has 0 aliphatic heterocycles. The second-order valence-electron chi connectivity index (χ2n) is 7.41. The summed E-state index contributed by atoms with van der Waals surface area (Å²) < 4.78 is 42.4. The molecule has 1 aliphatic carbocycles. The van der Waals surface area contributed by atoms with Gasteiger partial charge < -0.3 is 0 Å². The molecule has 10 heteroatoms. The van der Waals surface area contributed by atoms with Gasteiger partial charge in [0.15, 0.2) is 17.2 Å². The summed E-state index contributed by atoms with van der Waals surface area (Å²) in [5.74, 6) is 0.758. The molecule has 0 aromatic carbocycles. The first-order chi connectivity index (χ1) is 13.8. The van der Waals surface area contributed by atoms with Gasteiger partial charge in [-0.15, -0.1) is 16.4 Å². The number of aromatic nitrogens is 6. The van der Waals surface area contributed by atoms with Crippen LogP contribution in [-0.4, -0.2) is 29.4 Å². The smallest absolute Gasteiger partial charge is 0.268 e. The van der Waals surface area contributed by atoms with Gasteiger partial charge in [-0.25, -0.2) is 14.5 Å². The number of alkyl halides is 3. The quantitative estimate of drug-likeness (QED) is 0.475. The highest BCUT2D eigenvalue weighted by Gasteiger charge is 2.37. The molecule has 0 radical (unpaired) electrons. The van der Waals surface area contributed by atoms with Crippen molar-refractivity contribution in [3.8, 4) is 0 Å². The Morgan fingerprint density at radius 2 is 2.03 bits per heavy atom. The van der Waals surface area contributed by atoms with E-state index >= 15 is 0 Å². The van der Waals surface area contributed by atoms with Gasteiger partial charge in [-0.3, -0.25) is 4.68 Å². The molecule has 29 heavy (non-hydrogen) atoms. The second kappa shape index (κ2) is 6.51. The Hall–Kier alpha value is -2.49. The third kappa shape index (κ3) is 3.19. The van der Waals surface area contributed by atoms with Crippen LogP contribution in [-0.2, 0) is 25.6 Å². The topological polar surface area (TPSA) is 60.9 Å². The van der Waals surface area contributed by atoms with E-state index in [0.29, 0.717) is 24.5 Å². The molecule has 0 N–H and O–H groups in total. The fourth-order valence-corrected chi connectivity index (χ4v) is 4.88. The van der Waals surface area contributed by atoms with E-state index in [2.05, 4.69) is 34.0 Å². The van der Waals surface area contributed by atoms with Crippen molar-refractivity contribution in [2.24, 2.45) is 0 Å². The first-order valence-corrected chi connectivity index (χ1v) is 10.4. The number of nitrogens with zero attached hydrogens (tertiary/aromatic N) is 6. The molecule has 0 atom stereocenters. The van der Waals surface area contributed by atoms with Crippen LogP contribution in [0, 0.1) is 6.92 Å². The normalized spacial score (nSPS) is 15.1. The Bertz CT molecular complexity index is 1210. The lowest BCUT2D eigenvalue weighted by molar-refractivity contribution is -0.141. The van der Waals surface area contributed by atoms with Crippen molar-refractivity contribution in [3.05, 3.63) is 40.0 Å². The van der Waals surface area contributed by atoms with Crippen molar-refractivity contribution in [1.29, 1.82) is 0 Å². The van der Waals surface area contributed by atoms with Gasteiger partial charge in [0.05, 0.1) is 5.39 Å². The van der Waals surface area contributed by atoms with Crippen LogP contribution in [0.15, 0.2) is 12.4 Å². The van der Waals surface area contributed by atoms with Crippen molar-refractivity contribution in [1.82, 2.24) is 29.4 Å². The van der Waals surface area contributed by atoms with Crippen LogP contribution in [0.3, 0.4) is 0 Å². The Morgan fingerprint density at radius 3 is 2.72 bits per heavy atom. The van der Waals surface area contributed by atoms with Gasteiger partial charge in [0.25, 0.3) is 0 Å². The number of aryl methyl sites for hydroxylation is 4. The first kappa shape index (κ1) is 18.5. The van der Waals surface area contributed by atoms with Crippen LogP contribution in [0.5, 0.6) is 0 Å². The minimum Gasteiger partial charge on any atom is -0.268 e. The molecule has 6 nitrogen and oxygen atoms in total. The van der Waals surface area contributed by atoms with Crippen LogP contribution >= 0.6 is 11.3 Å². The van der Waals surface area contributed by atoms with Gasteiger partial charge >= 0.3 is 6.18 Å². The molecule has 1 fully saturated rings. The van der Waals surface area contributed by atoms with E-state index in [9.17, 15) is 13.2 Å². The van der Waals surface area contributed by atoms with Crippen molar-refractivity contribution in [3.63, 3.8) is 0 Å². The van der Waals surface area contributed by atoms with Crippen molar-refractivity contribution >= 4 is 27.2 Å². The molecule has 4 aromatic heterocycles. The molecule has 0 unspecified atom stereocenters. The average Bonchev–Trinajstić information content (AvgIpc) is 3.13. The number of hydrogen-bond acceptors (Lipinski definition) is 5. The third-order valence-corrected chi connectivity index (χ3v) is 6.43. The highest BCUT2D eigenvalue weighted by atomic mass is 32.1. The van der Waals surface area contributed by atoms with E-state index in [1.807, 2.05) is 0 Å². The Labute approximate surface area is 168 Å². The summed E-state index contributed by atoms with van der Waals surface area (Å²) in [5.41, 5.74) is 1.81. The third-order valence-electron chi connectivity index (χ3n) is 5.37. The lowest BCUT2D eigenvalue weighted by Gasteiger charge is -2.04. The SMILES string of the molecule is CCc1c(C)sc2ncn3nc(CCn4nc(C(F)(F)F)cc4C4CC4)nc3c12. The maximum absolute atomic E-state index is 13.1. The van der Waals surface area contributed by atoms with Crippen LogP contribution < -0.4 is 0 Å². The van der Waals surface area contributed by atoms with E-state index in [1.165, 1.54) is 21.2 Å². The number of fused-ring (bicyclic) bond motifs is 3. The fraction of sp³-hybridized carbons (Fsp3) is 0.474. The van der Waals surface area contributed by atoms with Gasteiger partial charge in [0.1, 0.15) is 11.2 Å². The molecular weight excluding hydrogens is 401 g/mol. The van der Waals surface area contributed by atoms with E-state index in [4.69, 9.17) is 0 Å². The Kier molecular flexibility index (Phi) is 4.16. The molecule has 0 bridgehead atoms. The zero-order chi connectivity index (χ0) is 20.3. The van der Waals surface area contributed by atoms with Gasteiger partial charge in [0.2, 0.25) is 0 Å². The van der Waals surface area contributed by atoms with Crippen LogP contribution in [0.2, 0.25) is 0 Å². The van der Waals surface area contributed by atoms with E-state index in [-0.39, 0.29) is 5.92 Å². The molecule has 0 amide bonds. The standard InChI is InChI=1S/C19H19F3N6S/c1-3-12-10(2)29-18-16(12)17-24-15(26-28(17)9-23-18)6-7-27-13(11-4-5-11)8-14(25-27)19(20,21)22/h8-9,11H,3-7H2,1-2H3. The monoisotopic (exact) mass is 420 g/mol. The maximum Gasteiger partial charge on any atom is 0.435 e. The van der Waals surface area contributed by atoms with Gasteiger partial charge in [0, 0.05) is 29.5 Å². The number of halogens is 3. The average molecular weight is 420 g/mol. The molecule has 5 rings (SSSR count). The lowest BCUT2D eigenvalue weighted by atomic mass is 10.1. The molecule has 0 spiro atoms. The molecule has 4 heterocycles. The number of hydrogen-bond donors (Lipinski definition) is 0. The van der Waals surface area contributed by atoms with Crippen LogP contribution in [0.4, 0.5) is 13.2 Å². The number of thiophene rings is 1. The minimum absolute atomic E-state index is 0.178. The lowest BCUT2D eigenvalue weighted by Crippen LogP contribution is -2.10. The molecule has 1 saturated carbocycles. The summed E-state index contributed by atoms with van der Waals surface area (Å²) in [5, 5.41) is 9.33. The summed E-state index contributed by atoms with van der Waals surface area (Å²) in [6.45, 7) is 4.50. The van der Waals surface area contributed by atoms with E-state index in [1.54, 1.807) is 22.2 Å². The zero-order valence-corrected chi connectivity index (χ0v) is 16.8. The molecule has 0 saturated heterocycles. The minimum atomic E-state index is -4.43. The molecule has 152 valence electrons. The maximum atomic E-state index is 13.1. The van der Waals surface area contributed by atoms with Crippen molar-refractivity contribution in [2.75, 3.05) is 0 Å². The van der Waals surface area contributed by atoms with Crippen LogP contribution in [0.1, 0.15) is 53.3 Å². The number of rotatable bonds is 5. The van der Waals surface area contributed by atoms with Gasteiger partial charge in [-0.2, -0.15) is 18.3 Å². The Morgan fingerprint density at radius 1 is 1.24 bits per heavy atom. The summed E-state index contributed by atoms with van der Waals surface area (Å²) >= 11 is 1.64. The zero-order valence-electron chi connectivity index (χ0n) is 16.0. The first-order valence-electron chi connectivity index (χ1n) is 9.62. The largest absolute Gasteiger partial charge is 0.435 e. The second-order valence-corrected chi connectivity index (χ2v) is 8.61.